The summed E-state index contributed by atoms with van der Waals surface area (Å²) >= 11 is 0. The number of rotatable bonds is 2. The average Bonchev–Trinajstić information content (AvgIpc) is 2.30. The highest BCUT2D eigenvalue weighted by molar-refractivity contribution is 5.69. The van der Waals surface area contributed by atoms with E-state index in [2.05, 4.69) is 24.0 Å². The fourth-order valence-corrected chi connectivity index (χ4v) is 1.71. The molecule has 0 amide bonds. The second-order valence-corrected chi connectivity index (χ2v) is 3.55. The fraction of sp³-hybridized carbons (Fsp3) is 0.154. The lowest BCUT2D eigenvalue weighted by Gasteiger charge is -2.09. The minimum atomic E-state index is 0.560. The lowest BCUT2D eigenvalue weighted by molar-refractivity contribution is 1.07. The van der Waals surface area contributed by atoms with E-state index < -0.39 is 0 Å². The van der Waals surface area contributed by atoms with E-state index in [1.165, 1.54) is 16.7 Å². The highest BCUT2D eigenvalue weighted by Crippen LogP contribution is 2.25. The summed E-state index contributed by atoms with van der Waals surface area (Å²) in [5, 5.41) is 0. The quantitative estimate of drug-likeness (QED) is 0.805. The van der Waals surface area contributed by atoms with Gasteiger partial charge in [0.05, 0.1) is 0 Å². The number of benzene rings is 1. The zero-order valence-electron chi connectivity index (χ0n) is 8.77. The molecule has 2 nitrogen and oxygen atoms in total. The van der Waals surface area contributed by atoms with Crippen molar-refractivity contribution < 1.29 is 0 Å². The summed E-state index contributed by atoms with van der Waals surface area (Å²) in [6.07, 6.45) is 3.70. The summed E-state index contributed by atoms with van der Waals surface area (Å²) in [6.45, 7) is 2.65. The molecule has 1 aromatic heterocycles. The molecule has 1 heterocycles. The lowest BCUT2D eigenvalue weighted by Crippen LogP contribution is -1.99. The van der Waals surface area contributed by atoms with Crippen LogP contribution in [-0.4, -0.2) is 4.98 Å². The van der Waals surface area contributed by atoms with Crippen molar-refractivity contribution in [1.29, 1.82) is 0 Å². The van der Waals surface area contributed by atoms with Gasteiger partial charge in [-0.05, 0) is 29.7 Å². The minimum Gasteiger partial charge on any atom is -0.326 e. The monoisotopic (exact) mass is 198 g/mol. The van der Waals surface area contributed by atoms with E-state index in [-0.39, 0.29) is 0 Å². The molecule has 2 aromatic rings. The number of pyridine rings is 1. The second-order valence-electron chi connectivity index (χ2n) is 3.55. The van der Waals surface area contributed by atoms with Crippen molar-refractivity contribution in [3.63, 3.8) is 0 Å². The molecule has 2 N–H and O–H groups in total. The van der Waals surface area contributed by atoms with E-state index in [1.807, 2.05) is 30.6 Å². The fourth-order valence-electron chi connectivity index (χ4n) is 1.71. The van der Waals surface area contributed by atoms with Gasteiger partial charge in [-0.25, -0.2) is 0 Å². The zero-order valence-corrected chi connectivity index (χ0v) is 8.77. The van der Waals surface area contributed by atoms with Crippen LogP contribution in [0.15, 0.2) is 42.7 Å². The van der Waals surface area contributed by atoms with Crippen molar-refractivity contribution >= 4 is 0 Å². The van der Waals surface area contributed by atoms with Crippen molar-refractivity contribution in [3.05, 3.63) is 53.9 Å². The average molecular weight is 198 g/mol. The predicted molar refractivity (Wildman–Crippen MR) is 62.3 cm³/mol. The first-order valence-corrected chi connectivity index (χ1v) is 5.02. The van der Waals surface area contributed by atoms with E-state index in [9.17, 15) is 0 Å². The van der Waals surface area contributed by atoms with Crippen molar-refractivity contribution in [2.45, 2.75) is 13.5 Å². The topological polar surface area (TPSA) is 38.9 Å². The Labute approximate surface area is 89.8 Å². The van der Waals surface area contributed by atoms with E-state index in [0.717, 1.165) is 5.56 Å². The van der Waals surface area contributed by atoms with Crippen LogP contribution in [0.3, 0.4) is 0 Å². The maximum absolute atomic E-state index is 5.72. The third-order valence-corrected chi connectivity index (χ3v) is 2.57. The Kier molecular flexibility index (Phi) is 2.79. The molecule has 0 aliphatic rings. The Balaban J connectivity index is 2.59. The van der Waals surface area contributed by atoms with Gasteiger partial charge >= 0.3 is 0 Å². The highest BCUT2D eigenvalue weighted by atomic mass is 14.6. The molecular weight excluding hydrogens is 184 g/mol. The maximum Gasteiger partial charge on any atom is 0.0349 e. The molecule has 0 saturated carbocycles. The molecule has 1 aromatic carbocycles. The largest absolute Gasteiger partial charge is 0.326 e. The van der Waals surface area contributed by atoms with E-state index in [4.69, 9.17) is 5.73 Å². The molecule has 0 bridgehead atoms. The van der Waals surface area contributed by atoms with Gasteiger partial charge in [0.25, 0.3) is 0 Å². The Morgan fingerprint density at radius 3 is 2.67 bits per heavy atom. The Bertz CT molecular complexity index is 464. The van der Waals surface area contributed by atoms with Crippen LogP contribution < -0.4 is 5.73 Å². The summed E-state index contributed by atoms with van der Waals surface area (Å²) in [4.78, 5) is 4.16. The summed E-state index contributed by atoms with van der Waals surface area (Å²) < 4.78 is 0. The normalized spacial score (nSPS) is 10.3. The highest BCUT2D eigenvalue weighted by Gasteiger charge is 2.05. The minimum absolute atomic E-state index is 0.560. The van der Waals surface area contributed by atoms with Gasteiger partial charge in [0.15, 0.2) is 0 Å². The lowest BCUT2D eigenvalue weighted by atomic mass is 9.98. The first kappa shape index (κ1) is 9.87. The Morgan fingerprint density at radius 2 is 1.93 bits per heavy atom. The summed E-state index contributed by atoms with van der Waals surface area (Å²) in [6, 6.07) is 10.2. The Morgan fingerprint density at radius 1 is 1.13 bits per heavy atom. The predicted octanol–water partition coefficient (Wildman–Crippen LogP) is 2.52. The van der Waals surface area contributed by atoms with Crippen LogP contribution in [0.2, 0.25) is 0 Å². The molecule has 0 aliphatic carbocycles. The number of aryl methyl sites for hydroxylation is 1. The molecule has 0 atom stereocenters. The molecule has 76 valence electrons. The summed E-state index contributed by atoms with van der Waals surface area (Å²) in [5.41, 5.74) is 10.5. The number of nitrogens with two attached hydrogens (primary N) is 1. The molecule has 0 spiro atoms. The molecule has 0 aliphatic heterocycles. The second kappa shape index (κ2) is 4.24. The summed E-state index contributed by atoms with van der Waals surface area (Å²) in [7, 11) is 0. The van der Waals surface area contributed by atoms with Crippen molar-refractivity contribution in [3.8, 4) is 11.1 Å². The summed E-state index contributed by atoms with van der Waals surface area (Å²) in [5.74, 6) is 0. The zero-order chi connectivity index (χ0) is 10.7. The van der Waals surface area contributed by atoms with Crippen LogP contribution in [0.1, 0.15) is 11.1 Å². The van der Waals surface area contributed by atoms with Gasteiger partial charge in [0.1, 0.15) is 0 Å². The van der Waals surface area contributed by atoms with Gasteiger partial charge < -0.3 is 5.73 Å². The van der Waals surface area contributed by atoms with Crippen LogP contribution >= 0.6 is 0 Å². The number of hydrogen-bond acceptors (Lipinski definition) is 2. The van der Waals surface area contributed by atoms with Gasteiger partial charge in [0, 0.05) is 24.5 Å². The third-order valence-electron chi connectivity index (χ3n) is 2.57. The molecule has 0 saturated heterocycles. The van der Waals surface area contributed by atoms with Crippen LogP contribution in [-0.2, 0) is 6.54 Å². The maximum atomic E-state index is 5.72. The third kappa shape index (κ3) is 1.90. The molecular formula is C13H14N2. The van der Waals surface area contributed by atoms with Gasteiger partial charge in [-0.1, -0.05) is 24.3 Å². The number of hydrogen-bond donors (Lipinski definition) is 1. The van der Waals surface area contributed by atoms with Crippen molar-refractivity contribution in [2.24, 2.45) is 5.73 Å². The number of aromatic nitrogens is 1. The van der Waals surface area contributed by atoms with Gasteiger partial charge in [-0.15, -0.1) is 0 Å². The first-order valence-electron chi connectivity index (χ1n) is 5.02. The molecule has 2 rings (SSSR count). The standard InChI is InChI=1S/C13H14N2/c1-10-6-7-15-9-13(10)12-5-3-2-4-11(12)8-14/h2-7,9H,8,14H2,1H3. The van der Waals surface area contributed by atoms with Gasteiger partial charge in [0.2, 0.25) is 0 Å². The van der Waals surface area contributed by atoms with E-state index >= 15 is 0 Å². The number of nitrogens with zero attached hydrogens (tertiary/aromatic N) is 1. The van der Waals surface area contributed by atoms with Crippen LogP contribution in [0, 0.1) is 6.92 Å². The molecule has 0 unspecified atom stereocenters. The van der Waals surface area contributed by atoms with E-state index in [0.29, 0.717) is 6.54 Å². The van der Waals surface area contributed by atoms with Gasteiger partial charge in [-0.2, -0.15) is 0 Å². The molecule has 2 heteroatoms. The molecule has 0 fully saturated rings. The van der Waals surface area contributed by atoms with E-state index in [1.54, 1.807) is 0 Å². The van der Waals surface area contributed by atoms with Crippen molar-refractivity contribution in [1.82, 2.24) is 4.98 Å². The SMILES string of the molecule is Cc1ccncc1-c1ccccc1CN. The molecule has 0 radical (unpaired) electrons. The molecule has 15 heavy (non-hydrogen) atoms. The van der Waals surface area contributed by atoms with Gasteiger partial charge in [-0.3, -0.25) is 4.98 Å². The van der Waals surface area contributed by atoms with Crippen LogP contribution in [0.4, 0.5) is 0 Å². The smallest absolute Gasteiger partial charge is 0.0349 e. The van der Waals surface area contributed by atoms with Crippen LogP contribution in [0.5, 0.6) is 0 Å². The first-order chi connectivity index (χ1) is 7.33. The Hall–Kier alpha value is -1.67. The van der Waals surface area contributed by atoms with Crippen LogP contribution in [0.25, 0.3) is 11.1 Å². The van der Waals surface area contributed by atoms with Crippen molar-refractivity contribution in [2.75, 3.05) is 0 Å².